The highest BCUT2D eigenvalue weighted by Crippen LogP contribution is 2.49. The second-order valence-corrected chi connectivity index (χ2v) is 7.61. The van der Waals surface area contributed by atoms with Crippen LogP contribution in [0.15, 0.2) is 18.2 Å². The molecule has 3 nitrogen and oxygen atoms in total. The van der Waals surface area contributed by atoms with Gasteiger partial charge in [-0.05, 0) is 79.5 Å². The van der Waals surface area contributed by atoms with Crippen molar-refractivity contribution in [2.24, 2.45) is 17.8 Å². The smallest absolute Gasteiger partial charge is 0.220 e. The SMILES string of the molecule is Cl.Nc1ccc2c(c1)CCCC2NC(=O)CC1CC2CCC1C2. The molecule has 4 heteroatoms. The van der Waals surface area contributed by atoms with Gasteiger partial charge in [-0.15, -0.1) is 12.4 Å². The molecule has 4 rings (SSSR count). The van der Waals surface area contributed by atoms with E-state index in [9.17, 15) is 4.79 Å². The summed E-state index contributed by atoms with van der Waals surface area (Å²) in [6.45, 7) is 0. The Kier molecular flexibility index (Phi) is 4.86. The molecule has 0 saturated heterocycles. The highest BCUT2D eigenvalue weighted by Gasteiger charge is 2.40. The van der Waals surface area contributed by atoms with Crippen molar-refractivity contribution >= 4 is 24.0 Å². The summed E-state index contributed by atoms with van der Waals surface area (Å²) >= 11 is 0. The lowest BCUT2D eigenvalue weighted by molar-refractivity contribution is -0.123. The van der Waals surface area contributed by atoms with Gasteiger partial charge in [0.15, 0.2) is 0 Å². The number of hydrogen-bond acceptors (Lipinski definition) is 2. The molecular formula is C19H27ClN2O. The molecule has 2 fully saturated rings. The molecule has 3 N–H and O–H groups in total. The van der Waals surface area contributed by atoms with E-state index >= 15 is 0 Å². The third kappa shape index (κ3) is 3.35. The van der Waals surface area contributed by atoms with Crippen LogP contribution in [0.5, 0.6) is 0 Å². The molecule has 2 saturated carbocycles. The Balaban J connectivity index is 0.00000156. The van der Waals surface area contributed by atoms with E-state index in [0.717, 1.165) is 43.2 Å². The number of halogens is 1. The molecule has 3 aliphatic carbocycles. The first kappa shape index (κ1) is 16.6. The van der Waals surface area contributed by atoms with Crippen molar-refractivity contribution in [2.75, 3.05) is 5.73 Å². The molecule has 3 aliphatic rings. The maximum atomic E-state index is 12.5. The van der Waals surface area contributed by atoms with Gasteiger partial charge in [0.05, 0.1) is 6.04 Å². The highest BCUT2D eigenvalue weighted by molar-refractivity contribution is 5.85. The Bertz CT molecular complexity index is 589. The second kappa shape index (κ2) is 6.72. The third-order valence-corrected chi connectivity index (χ3v) is 6.15. The molecule has 4 unspecified atom stereocenters. The molecule has 0 aliphatic heterocycles. The number of fused-ring (bicyclic) bond motifs is 3. The summed E-state index contributed by atoms with van der Waals surface area (Å²) in [4.78, 5) is 12.5. The van der Waals surface area contributed by atoms with Crippen LogP contribution >= 0.6 is 12.4 Å². The van der Waals surface area contributed by atoms with Crippen molar-refractivity contribution in [3.8, 4) is 0 Å². The number of anilines is 1. The number of hydrogen-bond donors (Lipinski definition) is 2. The summed E-state index contributed by atoms with van der Waals surface area (Å²) in [5, 5.41) is 3.30. The standard InChI is InChI=1S/C19H26N2O.ClH/c20-16-6-7-17-14(10-16)2-1-3-18(17)21-19(22)11-15-9-12-4-5-13(15)8-12;/h6-7,10,12-13,15,18H,1-5,8-9,11,20H2,(H,21,22);1H. The monoisotopic (exact) mass is 334 g/mol. The number of rotatable bonds is 3. The number of benzene rings is 1. The van der Waals surface area contributed by atoms with Crippen LogP contribution in [-0.4, -0.2) is 5.91 Å². The van der Waals surface area contributed by atoms with Crippen LogP contribution in [-0.2, 0) is 11.2 Å². The fourth-order valence-electron chi connectivity index (χ4n) is 5.10. The molecule has 0 aromatic heterocycles. The van der Waals surface area contributed by atoms with Gasteiger partial charge in [-0.2, -0.15) is 0 Å². The molecule has 4 atom stereocenters. The van der Waals surface area contributed by atoms with Crippen molar-refractivity contribution in [2.45, 2.75) is 57.4 Å². The zero-order valence-electron chi connectivity index (χ0n) is 13.6. The van der Waals surface area contributed by atoms with Crippen LogP contribution in [0.3, 0.4) is 0 Å². The molecule has 0 heterocycles. The number of carbonyl (C=O) groups is 1. The van der Waals surface area contributed by atoms with E-state index in [4.69, 9.17) is 5.73 Å². The molecule has 1 amide bonds. The molecule has 126 valence electrons. The molecule has 1 aromatic rings. The molecule has 0 spiro atoms. The summed E-state index contributed by atoms with van der Waals surface area (Å²) in [7, 11) is 0. The van der Waals surface area contributed by atoms with E-state index in [0.29, 0.717) is 5.92 Å². The van der Waals surface area contributed by atoms with E-state index in [2.05, 4.69) is 17.4 Å². The fraction of sp³-hybridized carbons (Fsp3) is 0.632. The number of amides is 1. The minimum Gasteiger partial charge on any atom is -0.399 e. The van der Waals surface area contributed by atoms with E-state index in [1.165, 1.54) is 36.8 Å². The average molecular weight is 335 g/mol. The van der Waals surface area contributed by atoms with Gasteiger partial charge < -0.3 is 11.1 Å². The summed E-state index contributed by atoms with van der Waals surface area (Å²) in [6.07, 6.45) is 9.43. The molecule has 0 radical (unpaired) electrons. The lowest BCUT2D eigenvalue weighted by atomic mass is 9.85. The van der Waals surface area contributed by atoms with Gasteiger partial charge in [-0.1, -0.05) is 12.5 Å². The number of aryl methyl sites for hydroxylation is 1. The van der Waals surface area contributed by atoms with Crippen molar-refractivity contribution in [3.63, 3.8) is 0 Å². The van der Waals surface area contributed by atoms with Gasteiger partial charge in [0.25, 0.3) is 0 Å². The Hall–Kier alpha value is -1.22. The third-order valence-electron chi connectivity index (χ3n) is 6.15. The normalized spacial score (nSPS) is 31.3. The first-order chi connectivity index (χ1) is 10.7. The van der Waals surface area contributed by atoms with Crippen LogP contribution in [0.25, 0.3) is 0 Å². The lowest BCUT2D eigenvalue weighted by Crippen LogP contribution is -2.33. The number of nitrogens with two attached hydrogens (primary N) is 1. The summed E-state index contributed by atoms with van der Waals surface area (Å²) < 4.78 is 0. The van der Waals surface area contributed by atoms with Crippen LogP contribution in [0.4, 0.5) is 5.69 Å². The van der Waals surface area contributed by atoms with Crippen molar-refractivity contribution < 1.29 is 4.79 Å². The predicted octanol–water partition coefficient (Wildman–Crippen LogP) is 4.01. The van der Waals surface area contributed by atoms with Crippen molar-refractivity contribution in [1.82, 2.24) is 5.32 Å². The van der Waals surface area contributed by atoms with Crippen LogP contribution in [0.1, 0.15) is 62.1 Å². The summed E-state index contributed by atoms with van der Waals surface area (Å²) in [6, 6.07) is 6.32. The van der Waals surface area contributed by atoms with Gasteiger partial charge >= 0.3 is 0 Å². The average Bonchev–Trinajstić information content (AvgIpc) is 3.09. The minimum atomic E-state index is 0. The second-order valence-electron chi connectivity index (χ2n) is 7.61. The topological polar surface area (TPSA) is 55.1 Å². The van der Waals surface area contributed by atoms with Crippen molar-refractivity contribution in [3.05, 3.63) is 29.3 Å². The zero-order valence-corrected chi connectivity index (χ0v) is 14.4. The molecular weight excluding hydrogens is 308 g/mol. The lowest BCUT2D eigenvalue weighted by Gasteiger charge is -2.28. The maximum Gasteiger partial charge on any atom is 0.220 e. The van der Waals surface area contributed by atoms with E-state index in [-0.39, 0.29) is 24.4 Å². The largest absolute Gasteiger partial charge is 0.399 e. The molecule has 2 bridgehead atoms. The van der Waals surface area contributed by atoms with Gasteiger partial charge in [0, 0.05) is 12.1 Å². The molecule has 23 heavy (non-hydrogen) atoms. The van der Waals surface area contributed by atoms with Crippen LogP contribution < -0.4 is 11.1 Å². The predicted molar refractivity (Wildman–Crippen MR) is 95.5 cm³/mol. The maximum absolute atomic E-state index is 12.5. The minimum absolute atomic E-state index is 0. The van der Waals surface area contributed by atoms with E-state index < -0.39 is 0 Å². The van der Waals surface area contributed by atoms with Crippen LogP contribution in [0.2, 0.25) is 0 Å². The fourth-order valence-corrected chi connectivity index (χ4v) is 5.10. The first-order valence-corrected chi connectivity index (χ1v) is 8.86. The highest BCUT2D eigenvalue weighted by atomic mass is 35.5. The van der Waals surface area contributed by atoms with Gasteiger partial charge in [-0.25, -0.2) is 0 Å². The summed E-state index contributed by atoms with van der Waals surface area (Å²) in [5.74, 6) is 2.65. The van der Waals surface area contributed by atoms with Gasteiger partial charge in [0.2, 0.25) is 5.91 Å². The Morgan fingerprint density at radius 2 is 2.09 bits per heavy atom. The van der Waals surface area contributed by atoms with Crippen LogP contribution in [0, 0.1) is 17.8 Å². The number of nitrogens with one attached hydrogen (secondary N) is 1. The van der Waals surface area contributed by atoms with Crippen molar-refractivity contribution in [1.29, 1.82) is 0 Å². The van der Waals surface area contributed by atoms with Gasteiger partial charge in [0.1, 0.15) is 0 Å². The molecule has 1 aromatic carbocycles. The Labute approximate surface area is 144 Å². The first-order valence-electron chi connectivity index (χ1n) is 8.86. The van der Waals surface area contributed by atoms with E-state index in [1.54, 1.807) is 0 Å². The number of nitrogen functional groups attached to an aromatic ring is 1. The Morgan fingerprint density at radius 3 is 2.83 bits per heavy atom. The number of carbonyl (C=O) groups excluding carboxylic acids is 1. The zero-order chi connectivity index (χ0) is 15.1. The quantitative estimate of drug-likeness (QED) is 0.820. The Morgan fingerprint density at radius 1 is 1.22 bits per heavy atom. The summed E-state index contributed by atoms with van der Waals surface area (Å²) in [5.41, 5.74) is 9.31. The van der Waals surface area contributed by atoms with E-state index in [1.807, 2.05) is 6.07 Å². The van der Waals surface area contributed by atoms with Gasteiger partial charge in [-0.3, -0.25) is 4.79 Å².